The Labute approximate surface area is 192 Å². The lowest BCUT2D eigenvalue weighted by atomic mass is 10.1. The first-order valence-corrected chi connectivity index (χ1v) is 11.6. The number of nitrogens with one attached hydrogen (secondary N) is 1. The van der Waals surface area contributed by atoms with Crippen LogP contribution in [0.3, 0.4) is 0 Å². The standard InChI is InChI=1S/C23H18N2O5S2/c1-27-16-4-2-3-15(10-16)24-22(26)20-8-6-17(30-20)11-31-23-25-18(12-32-23)14-5-7-19-21(9-14)29-13-28-19/h2-10,12H,11,13H2,1H3,(H,24,26). The molecular formula is C23H18N2O5S2. The highest BCUT2D eigenvalue weighted by Crippen LogP contribution is 2.37. The van der Waals surface area contributed by atoms with E-state index in [0.29, 0.717) is 22.9 Å². The van der Waals surface area contributed by atoms with Crippen molar-refractivity contribution in [3.05, 3.63) is 71.5 Å². The molecule has 0 bridgehead atoms. The lowest BCUT2D eigenvalue weighted by Crippen LogP contribution is -2.10. The zero-order valence-corrected chi connectivity index (χ0v) is 18.6. The van der Waals surface area contributed by atoms with Crippen molar-refractivity contribution in [2.75, 3.05) is 19.2 Å². The lowest BCUT2D eigenvalue weighted by molar-refractivity contribution is 0.0995. The maximum atomic E-state index is 12.5. The molecule has 0 radical (unpaired) electrons. The molecule has 7 nitrogen and oxygen atoms in total. The van der Waals surface area contributed by atoms with E-state index in [9.17, 15) is 4.79 Å². The highest BCUT2D eigenvalue weighted by molar-refractivity contribution is 8.00. The second-order valence-electron chi connectivity index (χ2n) is 6.81. The molecule has 1 amide bonds. The van der Waals surface area contributed by atoms with Gasteiger partial charge in [-0.15, -0.1) is 11.3 Å². The van der Waals surface area contributed by atoms with E-state index >= 15 is 0 Å². The molecule has 3 heterocycles. The average molecular weight is 467 g/mol. The molecule has 0 fully saturated rings. The number of fused-ring (bicyclic) bond motifs is 1. The molecule has 2 aromatic carbocycles. The van der Waals surface area contributed by atoms with Gasteiger partial charge in [-0.3, -0.25) is 4.79 Å². The SMILES string of the molecule is COc1cccc(NC(=O)c2ccc(CSc3nc(-c4ccc5c(c4)OCO5)cs3)o2)c1. The largest absolute Gasteiger partial charge is 0.497 e. The lowest BCUT2D eigenvalue weighted by Gasteiger charge is -2.05. The minimum absolute atomic E-state index is 0.250. The summed E-state index contributed by atoms with van der Waals surface area (Å²) < 4.78 is 22.6. The summed E-state index contributed by atoms with van der Waals surface area (Å²) in [6, 6.07) is 16.4. The van der Waals surface area contributed by atoms with Gasteiger partial charge >= 0.3 is 0 Å². The fraction of sp³-hybridized carbons (Fsp3) is 0.130. The third-order valence-corrected chi connectivity index (χ3v) is 6.75. The van der Waals surface area contributed by atoms with Crippen LogP contribution >= 0.6 is 23.1 Å². The normalized spacial score (nSPS) is 12.0. The summed E-state index contributed by atoms with van der Waals surface area (Å²) in [6.07, 6.45) is 0. The number of carbonyl (C=O) groups is 1. The number of hydrogen-bond acceptors (Lipinski definition) is 8. The van der Waals surface area contributed by atoms with Crippen molar-refractivity contribution in [3.63, 3.8) is 0 Å². The Kier molecular flexibility index (Phi) is 5.74. The number of benzene rings is 2. The molecule has 0 saturated heterocycles. The molecule has 32 heavy (non-hydrogen) atoms. The number of amides is 1. The second kappa shape index (κ2) is 8.97. The predicted octanol–water partition coefficient (Wildman–Crippen LogP) is 5.69. The van der Waals surface area contributed by atoms with Gasteiger partial charge in [0.2, 0.25) is 6.79 Å². The molecule has 5 rings (SSSR count). The molecular weight excluding hydrogens is 448 g/mol. The van der Waals surface area contributed by atoms with Crippen LogP contribution in [-0.2, 0) is 5.75 Å². The number of rotatable bonds is 7. The van der Waals surface area contributed by atoms with Gasteiger partial charge < -0.3 is 23.9 Å². The van der Waals surface area contributed by atoms with Crippen LogP contribution in [-0.4, -0.2) is 24.8 Å². The van der Waals surface area contributed by atoms with E-state index in [0.717, 1.165) is 27.1 Å². The number of thiazole rings is 1. The Morgan fingerprint density at radius 3 is 2.97 bits per heavy atom. The first-order chi connectivity index (χ1) is 15.7. The number of anilines is 1. The van der Waals surface area contributed by atoms with Crippen molar-refractivity contribution in [2.24, 2.45) is 0 Å². The van der Waals surface area contributed by atoms with E-state index in [1.807, 2.05) is 35.7 Å². The maximum Gasteiger partial charge on any atom is 0.291 e. The van der Waals surface area contributed by atoms with E-state index in [-0.39, 0.29) is 18.5 Å². The summed E-state index contributed by atoms with van der Waals surface area (Å²) in [7, 11) is 1.58. The average Bonchev–Trinajstić information content (AvgIpc) is 3.58. The first-order valence-electron chi connectivity index (χ1n) is 9.70. The summed E-state index contributed by atoms with van der Waals surface area (Å²) in [5.74, 6) is 3.37. The minimum Gasteiger partial charge on any atom is -0.497 e. The molecule has 2 aromatic heterocycles. The van der Waals surface area contributed by atoms with Gasteiger partial charge in [0.25, 0.3) is 5.91 Å². The predicted molar refractivity (Wildman–Crippen MR) is 123 cm³/mol. The summed E-state index contributed by atoms with van der Waals surface area (Å²) >= 11 is 3.12. The van der Waals surface area contributed by atoms with Crippen LogP contribution in [0.25, 0.3) is 11.3 Å². The van der Waals surface area contributed by atoms with Crippen molar-refractivity contribution >= 4 is 34.7 Å². The van der Waals surface area contributed by atoms with Crippen LogP contribution in [0.1, 0.15) is 16.3 Å². The van der Waals surface area contributed by atoms with Crippen LogP contribution < -0.4 is 19.5 Å². The Hall–Kier alpha value is -3.43. The van der Waals surface area contributed by atoms with Gasteiger partial charge in [0.05, 0.1) is 18.6 Å². The van der Waals surface area contributed by atoms with Crippen molar-refractivity contribution < 1.29 is 23.4 Å². The van der Waals surface area contributed by atoms with Gasteiger partial charge in [0.1, 0.15) is 11.5 Å². The molecule has 1 aliphatic rings. The van der Waals surface area contributed by atoms with Crippen LogP contribution in [0.4, 0.5) is 5.69 Å². The number of thioether (sulfide) groups is 1. The van der Waals surface area contributed by atoms with Gasteiger partial charge in [-0.05, 0) is 42.5 Å². The smallest absolute Gasteiger partial charge is 0.291 e. The summed E-state index contributed by atoms with van der Waals surface area (Å²) in [6.45, 7) is 0.250. The minimum atomic E-state index is -0.311. The van der Waals surface area contributed by atoms with Crippen molar-refractivity contribution in [3.8, 4) is 28.5 Å². The molecule has 1 N–H and O–H groups in total. The van der Waals surface area contributed by atoms with Gasteiger partial charge in [-0.2, -0.15) is 0 Å². The fourth-order valence-corrected chi connectivity index (χ4v) is 4.85. The van der Waals surface area contributed by atoms with Crippen molar-refractivity contribution in [2.45, 2.75) is 10.1 Å². The Bertz CT molecular complexity index is 1270. The monoisotopic (exact) mass is 466 g/mol. The maximum absolute atomic E-state index is 12.5. The van der Waals surface area contributed by atoms with Crippen LogP contribution in [0, 0.1) is 0 Å². The fourth-order valence-electron chi connectivity index (χ4n) is 3.12. The summed E-state index contributed by atoms with van der Waals surface area (Å²) in [4.78, 5) is 17.1. The van der Waals surface area contributed by atoms with Crippen molar-refractivity contribution in [1.29, 1.82) is 0 Å². The van der Waals surface area contributed by atoms with E-state index < -0.39 is 0 Å². The highest BCUT2D eigenvalue weighted by Gasteiger charge is 2.16. The Balaban J connectivity index is 1.20. The zero-order chi connectivity index (χ0) is 21.9. The number of furan rings is 1. The zero-order valence-electron chi connectivity index (χ0n) is 17.0. The Morgan fingerprint density at radius 2 is 2.06 bits per heavy atom. The topological polar surface area (TPSA) is 82.8 Å². The molecule has 0 saturated carbocycles. The quantitative estimate of drug-likeness (QED) is 0.351. The molecule has 1 aliphatic heterocycles. The molecule has 0 aliphatic carbocycles. The van der Waals surface area contributed by atoms with Crippen LogP contribution in [0.15, 0.2) is 68.7 Å². The number of carbonyl (C=O) groups excluding carboxylic acids is 1. The first kappa shape index (κ1) is 20.5. The second-order valence-corrected chi connectivity index (χ2v) is 8.89. The van der Waals surface area contributed by atoms with Crippen molar-refractivity contribution in [1.82, 2.24) is 4.98 Å². The molecule has 0 unspecified atom stereocenters. The van der Waals surface area contributed by atoms with E-state index in [4.69, 9.17) is 18.6 Å². The van der Waals surface area contributed by atoms with E-state index in [1.54, 1.807) is 54.5 Å². The summed E-state index contributed by atoms with van der Waals surface area (Å²) in [5, 5.41) is 4.82. The molecule has 162 valence electrons. The van der Waals surface area contributed by atoms with Crippen LogP contribution in [0.2, 0.25) is 0 Å². The number of nitrogens with zero attached hydrogens (tertiary/aromatic N) is 1. The third-order valence-electron chi connectivity index (χ3n) is 4.70. The Morgan fingerprint density at radius 1 is 1.16 bits per heavy atom. The molecule has 0 spiro atoms. The molecule has 4 aromatic rings. The molecule has 9 heteroatoms. The van der Waals surface area contributed by atoms with Crippen LogP contribution in [0.5, 0.6) is 17.2 Å². The van der Waals surface area contributed by atoms with E-state index in [1.165, 1.54) is 0 Å². The van der Waals surface area contributed by atoms with Gasteiger partial charge in [-0.25, -0.2) is 4.98 Å². The summed E-state index contributed by atoms with van der Waals surface area (Å²) in [5.41, 5.74) is 2.50. The number of hydrogen-bond donors (Lipinski definition) is 1. The molecule has 0 atom stereocenters. The number of ether oxygens (including phenoxy) is 3. The number of methoxy groups -OCH3 is 1. The van der Waals surface area contributed by atoms with Gasteiger partial charge in [0, 0.05) is 22.7 Å². The van der Waals surface area contributed by atoms with Gasteiger partial charge in [-0.1, -0.05) is 17.8 Å². The number of aromatic nitrogens is 1. The third kappa shape index (κ3) is 4.44. The van der Waals surface area contributed by atoms with E-state index in [2.05, 4.69) is 10.3 Å². The van der Waals surface area contributed by atoms with Gasteiger partial charge in [0.15, 0.2) is 21.6 Å². The highest BCUT2D eigenvalue weighted by atomic mass is 32.2.